The third-order valence-electron chi connectivity index (χ3n) is 3.99. The lowest BCUT2D eigenvalue weighted by molar-refractivity contribution is -0.129. The lowest BCUT2D eigenvalue weighted by atomic mass is 9.79. The molecule has 3 N–H and O–H groups in total. The molecule has 0 aromatic heterocycles. The van der Waals surface area contributed by atoms with Crippen LogP contribution in [-0.2, 0) is 9.59 Å². The van der Waals surface area contributed by atoms with Crippen LogP contribution in [0, 0.1) is 5.41 Å². The van der Waals surface area contributed by atoms with Gasteiger partial charge in [-0.05, 0) is 12.8 Å². The fourth-order valence-corrected chi connectivity index (χ4v) is 2.89. The van der Waals surface area contributed by atoms with Crippen molar-refractivity contribution in [3.8, 4) is 0 Å². The molecule has 0 bridgehead atoms. The summed E-state index contributed by atoms with van der Waals surface area (Å²) in [6.07, 6.45) is 5.92. The van der Waals surface area contributed by atoms with Crippen LogP contribution < -0.4 is 11.1 Å². The van der Waals surface area contributed by atoms with Gasteiger partial charge in [0.15, 0.2) is 0 Å². The first kappa shape index (κ1) is 16.9. The van der Waals surface area contributed by atoms with E-state index in [1.807, 2.05) is 0 Å². The fraction of sp³-hybridized carbons (Fsp3) is 0.786. The van der Waals surface area contributed by atoms with E-state index in [2.05, 4.69) is 5.32 Å². The highest BCUT2D eigenvalue weighted by Gasteiger charge is 2.41. The molecular formula is C14H25N3O2S. The van der Waals surface area contributed by atoms with Gasteiger partial charge in [0.05, 0.1) is 10.4 Å². The maximum absolute atomic E-state index is 12.5. The van der Waals surface area contributed by atoms with E-state index in [4.69, 9.17) is 18.0 Å². The zero-order valence-corrected chi connectivity index (χ0v) is 13.2. The van der Waals surface area contributed by atoms with Crippen LogP contribution in [-0.4, -0.2) is 42.3 Å². The standard InChI is InChI=1S/C14H25N3O2S/c1-17(2)11(18)7-10-16-13(19)14(12(15)20)8-5-3-4-6-9-14/h3-10H2,1-2H3,(H2,15,20)(H,16,19). The molecule has 0 heterocycles. The minimum Gasteiger partial charge on any atom is -0.392 e. The minimum atomic E-state index is -0.715. The van der Waals surface area contributed by atoms with Crippen molar-refractivity contribution in [3.05, 3.63) is 0 Å². The molecule has 0 spiro atoms. The SMILES string of the molecule is CN(C)C(=O)CCNC(=O)C1(C(N)=S)CCCCCC1. The molecule has 0 aliphatic heterocycles. The second-order valence-electron chi connectivity index (χ2n) is 5.65. The Hall–Kier alpha value is -1.17. The second-order valence-corrected chi connectivity index (χ2v) is 6.09. The van der Waals surface area contributed by atoms with E-state index < -0.39 is 5.41 Å². The third-order valence-corrected chi connectivity index (χ3v) is 4.38. The monoisotopic (exact) mass is 299 g/mol. The van der Waals surface area contributed by atoms with Crippen molar-refractivity contribution >= 4 is 29.0 Å². The molecule has 0 aromatic rings. The van der Waals surface area contributed by atoms with E-state index in [1.54, 1.807) is 14.1 Å². The number of hydrogen-bond donors (Lipinski definition) is 2. The van der Waals surface area contributed by atoms with Crippen LogP contribution in [0.1, 0.15) is 44.9 Å². The molecule has 1 aliphatic rings. The summed E-state index contributed by atoms with van der Waals surface area (Å²) in [6.45, 7) is 0.334. The van der Waals surface area contributed by atoms with Crippen LogP contribution >= 0.6 is 12.2 Å². The summed E-state index contributed by atoms with van der Waals surface area (Å²) >= 11 is 5.15. The van der Waals surface area contributed by atoms with E-state index in [0.717, 1.165) is 38.5 Å². The van der Waals surface area contributed by atoms with Crippen LogP contribution in [0.25, 0.3) is 0 Å². The normalized spacial score (nSPS) is 17.9. The van der Waals surface area contributed by atoms with E-state index >= 15 is 0 Å². The van der Waals surface area contributed by atoms with Crippen LogP contribution in [0.3, 0.4) is 0 Å². The molecule has 6 heteroatoms. The van der Waals surface area contributed by atoms with Gasteiger partial charge >= 0.3 is 0 Å². The first-order chi connectivity index (χ1) is 9.40. The molecule has 2 amide bonds. The van der Waals surface area contributed by atoms with Crippen LogP contribution in [0.4, 0.5) is 0 Å². The largest absolute Gasteiger partial charge is 0.392 e. The van der Waals surface area contributed by atoms with Gasteiger partial charge in [-0.25, -0.2) is 0 Å². The van der Waals surface area contributed by atoms with Gasteiger partial charge in [0.25, 0.3) is 0 Å². The number of nitrogens with one attached hydrogen (secondary N) is 1. The van der Waals surface area contributed by atoms with E-state index in [9.17, 15) is 9.59 Å². The number of carbonyl (C=O) groups excluding carboxylic acids is 2. The highest BCUT2D eigenvalue weighted by molar-refractivity contribution is 7.80. The summed E-state index contributed by atoms with van der Waals surface area (Å²) in [5.74, 6) is -0.117. The molecule has 114 valence electrons. The quantitative estimate of drug-likeness (QED) is 0.591. The summed E-state index contributed by atoms with van der Waals surface area (Å²) in [7, 11) is 3.40. The van der Waals surface area contributed by atoms with Crippen molar-refractivity contribution in [2.75, 3.05) is 20.6 Å². The Morgan fingerprint density at radius 2 is 1.75 bits per heavy atom. The topological polar surface area (TPSA) is 75.4 Å². The van der Waals surface area contributed by atoms with Crippen molar-refractivity contribution in [2.45, 2.75) is 44.9 Å². The van der Waals surface area contributed by atoms with Crippen molar-refractivity contribution in [3.63, 3.8) is 0 Å². The van der Waals surface area contributed by atoms with Crippen molar-refractivity contribution in [2.24, 2.45) is 11.1 Å². The Labute approximate surface area is 126 Å². The smallest absolute Gasteiger partial charge is 0.233 e. The highest BCUT2D eigenvalue weighted by atomic mass is 32.1. The molecule has 1 fully saturated rings. The molecule has 0 unspecified atom stereocenters. The number of thiocarbonyl (C=S) groups is 1. The number of amides is 2. The lowest BCUT2D eigenvalue weighted by Gasteiger charge is -2.30. The summed E-state index contributed by atoms with van der Waals surface area (Å²) in [5.41, 5.74) is 5.13. The number of hydrogen-bond acceptors (Lipinski definition) is 3. The number of nitrogens with two attached hydrogens (primary N) is 1. The van der Waals surface area contributed by atoms with Crippen LogP contribution in [0.2, 0.25) is 0 Å². The van der Waals surface area contributed by atoms with Gasteiger partial charge in [0.1, 0.15) is 0 Å². The Balaban J connectivity index is 2.61. The van der Waals surface area contributed by atoms with Crippen LogP contribution in [0.15, 0.2) is 0 Å². The maximum Gasteiger partial charge on any atom is 0.233 e. The predicted molar refractivity (Wildman–Crippen MR) is 83.2 cm³/mol. The molecule has 0 radical (unpaired) electrons. The van der Waals surface area contributed by atoms with Crippen molar-refractivity contribution < 1.29 is 9.59 Å². The van der Waals surface area contributed by atoms with Crippen molar-refractivity contribution in [1.29, 1.82) is 0 Å². The molecular weight excluding hydrogens is 274 g/mol. The second kappa shape index (κ2) is 7.57. The van der Waals surface area contributed by atoms with E-state index in [1.165, 1.54) is 4.90 Å². The third kappa shape index (κ3) is 4.16. The van der Waals surface area contributed by atoms with Gasteiger partial charge in [0, 0.05) is 27.1 Å². The Kier molecular flexibility index (Phi) is 6.39. The van der Waals surface area contributed by atoms with Gasteiger partial charge in [-0.2, -0.15) is 0 Å². The number of carbonyl (C=O) groups is 2. The first-order valence-electron chi connectivity index (χ1n) is 7.18. The maximum atomic E-state index is 12.5. The summed E-state index contributed by atoms with van der Waals surface area (Å²) in [5, 5.41) is 2.83. The Morgan fingerprint density at radius 1 is 1.20 bits per heavy atom. The summed E-state index contributed by atoms with van der Waals surface area (Å²) < 4.78 is 0. The summed E-state index contributed by atoms with van der Waals surface area (Å²) in [6, 6.07) is 0. The predicted octanol–water partition coefficient (Wildman–Crippen LogP) is 1.21. The van der Waals surface area contributed by atoms with Gasteiger partial charge in [-0.1, -0.05) is 37.9 Å². The zero-order valence-electron chi connectivity index (χ0n) is 12.4. The Morgan fingerprint density at radius 3 is 2.20 bits per heavy atom. The highest BCUT2D eigenvalue weighted by Crippen LogP contribution is 2.35. The molecule has 5 nitrogen and oxygen atoms in total. The average molecular weight is 299 g/mol. The number of nitrogens with zero attached hydrogens (tertiary/aromatic N) is 1. The molecule has 0 saturated heterocycles. The lowest BCUT2D eigenvalue weighted by Crippen LogP contribution is -2.49. The van der Waals surface area contributed by atoms with Gasteiger partial charge in [0.2, 0.25) is 11.8 Å². The molecule has 1 saturated carbocycles. The van der Waals surface area contributed by atoms with E-state index in [-0.39, 0.29) is 16.8 Å². The molecule has 1 aliphatic carbocycles. The first-order valence-corrected chi connectivity index (χ1v) is 7.59. The van der Waals surface area contributed by atoms with Gasteiger partial charge in [-0.15, -0.1) is 0 Å². The fourth-order valence-electron chi connectivity index (χ4n) is 2.59. The molecule has 20 heavy (non-hydrogen) atoms. The van der Waals surface area contributed by atoms with E-state index in [0.29, 0.717) is 13.0 Å². The van der Waals surface area contributed by atoms with Gasteiger partial charge < -0.3 is 16.0 Å². The Bertz CT molecular complexity index is 375. The van der Waals surface area contributed by atoms with Crippen LogP contribution in [0.5, 0.6) is 0 Å². The zero-order chi connectivity index (χ0) is 15.2. The average Bonchev–Trinajstić information content (AvgIpc) is 2.64. The molecule has 0 aromatic carbocycles. The van der Waals surface area contributed by atoms with Crippen molar-refractivity contribution in [1.82, 2.24) is 10.2 Å². The molecule has 0 atom stereocenters. The minimum absolute atomic E-state index is 0.00413. The molecule has 1 rings (SSSR count). The van der Waals surface area contributed by atoms with Gasteiger partial charge in [-0.3, -0.25) is 9.59 Å². The summed E-state index contributed by atoms with van der Waals surface area (Å²) in [4.78, 5) is 25.8. The number of rotatable bonds is 5.